The Hall–Kier alpha value is -2.38. The summed E-state index contributed by atoms with van der Waals surface area (Å²) in [5.74, 6) is -0.982. The van der Waals surface area contributed by atoms with Crippen molar-refractivity contribution in [1.29, 1.82) is 0 Å². The first kappa shape index (κ1) is 15.0. The fraction of sp³-hybridized carbons (Fsp3) is 0.538. The van der Waals surface area contributed by atoms with Crippen LogP contribution in [0.25, 0.3) is 0 Å². The Morgan fingerprint density at radius 1 is 1.38 bits per heavy atom. The number of carbonyl (C=O) groups excluding carboxylic acids is 2. The minimum Gasteiger partial charge on any atom is -0.469 e. The predicted octanol–water partition coefficient (Wildman–Crippen LogP) is -1.05. The molecule has 0 spiro atoms. The van der Waals surface area contributed by atoms with Crippen molar-refractivity contribution in [3.05, 3.63) is 32.8 Å². The Morgan fingerprint density at radius 3 is 2.86 bits per heavy atom. The summed E-state index contributed by atoms with van der Waals surface area (Å²) in [7, 11) is 1.32. The van der Waals surface area contributed by atoms with Gasteiger partial charge < -0.3 is 9.64 Å². The third kappa shape index (κ3) is 3.59. The minimum atomic E-state index is -0.454. The highest BCUT2D eigenvalue weighted by Crippen LogP contribution is 2.17. The topological polar surface area (TPSA) is 101 Å². The largest absolute Gasteiger partial charge is 0.469 e. The fourth-order valence-electron chi connectivity index (χ4n) is 2.38. The van der Waals surface area contributed by atoms with E-state index >= 15 is 0 Å². The number of esters is 1. The molecule has 1 fully saturated rings. The standard InChI is InChI=1S/C13H17N3O5/c1-21-13(20)9-3-2-6-15(7-9)12(19)8-16-11(18)5-4-10(17)14-16/h4-5,9H,2-3,6-8H2,1H3,(H,14,17)/t9-/m0/s1. The van der Waals surface area contributed by atoms with E-state index in [1.54, 1.807) is 0 Å². The molecule has 1 aliphatic rings. The van der Waals surface area contributed by atoms with Gasteiger partial charge in [0.05, 0.1) is 13.0 Å². The van der Waals surface area contributed by atoms with E-state index < -0.39 is 11.1 Å². The second-order valence-electron chi connectivity index (χ2n) is 4.94. The van der Waals surface area contributed by atoms with Gasteiger partial charge in [-0.1, -0.05) is 0 Å². The first-order valence-electron chi connectivity index (χ1n) is 6.67. The Balaban J connectivity index is 2.06. The molecule has 1 aromatic rings. The van der Waals surface area contributed by atoms with Gasteiger partial charge in [-0.25, -0.2) is 4.68 Å². The molecule has 1 aromatic heterocycles. The lowest BCUT2D eigenvalue weighted by Gasteiger charge is -2.31. The zero-order valence-corrected chi connectivity index (χ0v) is 11.7. The number of likely N-dealkylation sites (tertiary alicyclic amines) is 1. The van der Waals surface area contributed by atoms with Crippen molar-refractivity contribution in [2.45, 2.75) is 19.4 Å². The number of hydrogen-bond acceptors (Lipinski definition) is 5. The molecule has 8 heteroatoms. The molecule has 2 rings (SSSR count). The van der Waals surface area contributed by atoms with E-state index in [9.17, 15) is 19.2 Å². The molecular formula is C13H17N3O5. The lowest BCUT2D eigenvalue weighted by atomic mass is 9.98. The monoisotopic (exact) mass is 295 g/mol. The van der Waals surface area contributed by atoms with E-state index in [4.69, 9.17) is 4.74 Å². The van der Waals surface area contributed by atoms with E-state index in [1.807, 2.05) is 0 Å². The van der Waals surface area contributed by atoms with Gasteiger partial charge in [0.25, 0.3) is 11.1 Å². The summed E-state index contributed by atoms with van der Waals surface area (Å²) in [6.45, 7) is 0.554. The number of aromatic amines is 1. The third-order valence-corrected chi connectivity index (χ3v) is 3.49. The van der Waals surface area contributed by atoms with Crippen LogP contribution in [0.1, 0.15) is 12.8 Å². The number of nitrogens with zero attached hydrogens (tertiary/aromatic N) is 2. The first-order valence-corrected chi connectivity index (χ1v) is 6.67. The van der Waals surface area contributed by atoms with Gasteiger partial charge in [0.15, 0.2) is 0 Å². The zero-order chi connectivity index (χ0) is 15.4. The van der Waals surface area contributed by atoms with Crippen LogP contribution in [0.3, 0.4) is 0 Å². The molecule has 21 heavy (non-hydrogen) atoms. The molecule has 0 radical (unpaired) electrons. The number of rotatable bonds is 3. The van der Waals surface area contributed by atoms with Crippen molar-refractivity contribution in [2.75, 3.05) is 20.2 Å². The van der Waals surface area contributed by atoms with Crippen molar-refractivity contribution >= 4 is 11.9 Å². The lowest BCUT2D eigenvalue weighted by Crippen LogP contribution is -2.45. The number of ether oxygens (including phenoxy) is 1. The molecule has 8 nitrogen and oxygen atoms in total. The van der Waals surface area contributed by atoms with Crippen LogP contribution in [0.2, 0.25) is 0 Å². The van der Waals surface area contributed by atoms with E-state index in [0.29, 0.717) is 19.4 Å². The van der Waals surface area contributed by atoms with Gasteiger partial charge in [-0.05, 0) is 12.8 Å². The SMILES string of the molecule is COC(=O)[C@H]1CCCN(C(=O)Cn2[nH]c(=O)ccc2=O)C1. The Bertz CT molecular complexity index is 648. The summed E-state index contributed by atoms with van der Waals surface area (Å²) >= 11 is 0. The second-order valence-corrected chi connectivity index (χ2v) is 4.94. The van der Waals surface area contributed by atoms with Crippen LogP contribution < -0.4 is 11.1 Å². The second kappa shape index (κ2) is 6.38. The number of carbonyl (C=O) groups is 2. The van der Waals surface area contributed by atoms with Crippen LogP contribution >= 0.6 is 0 Å². The molecule has 1 aliphatic heterocycles. The molecule has 0 aliphatic carbocycles. The molecule has 1 N–H and O–H groups in total. The zero-order valence-electron chi connectivity index (χ0n) is 11.7. The van der Waals surface area contributed by atoms with E-state index in [1.165, 1.54) is 12.0 Å². The quantitative estimate of drug-likeness (QED) is 0.717. The lowest BCUT2D eigenvalue weighted by molar-refractivity contribution is -0.149. The third-order valence-electron chi connectivity index (χ3n) is 3.49. The van der Waals surface area contributed by atoms with Crippen molar-refractivity contribution in [3.8, 4) is 0 Å². The summed E-state index contributed by atoms with van der Waals surface area (Å²) in [6, 6.07) is 2.22. The van der Waals surface area contributed by atoms with Crippen LogP contribution in [0, 0.1) is 5.92 Å². The number of piperidine rings is 1. The summed E-state index contributed by atoms with van der Waals surface area (Å²) in [4.78, 5) is 48.0. The van der Waals surface area contributed by atoms with Crippen LogP contribution in [0.15, 0.2) is 21.7 Å². The van der Waals surface area contributed by atoms with Crippen molar-refractivity contribution < 1.29 is 14.3 Å². The molecule has 114 valence electrons. The molecule has 2 heterocycles. The molecule has 1 amide bonds. The molecule has 0 bridgehead atoms. The van der Waals surface area contributed by atoms with Gasteiger partial charge >= 0.3 is 5.97 Å². The van der Waals surface area contributed by atoms with E-state index in [-0.39, 0.29) is 30.9 Å². The number of aromatic nitrogens is 2. The number of H-pyrrole nitrogens is 1. The Morgan fingerprint density at radius 2 is 2.14 bits per heavy atom. The van der Waals surface area contributed by atoms with Gasteiger partial charge in [-0.2, -0.15) is 0 Å². The van der Waals surface area contributed by atoms with E-state index in [0.717, 1.165) is 16.8 Å². The van der Waals surface area contributed by atoms with Crippen molar-refractivity contribution in [1.82, 2.24) is 14.7 Å². The number of nitrogens with one attached hydrogen (secondary N) is 1. The van der Waals surface area contributed by atoms with Gasteiger partial charge in [0.2, 0.25) is 5.91 Å². The maximum absolute atomic E-state index is 12.2. The molecular weight excluding hydrogens is 278 g/mol. The molecule has 0 saturated carbocycles. The van der Waals surface area contributed by atoms with Crippen LogP contribution in [0.4, 0.5) is 0 Å². The Labute approximate surface area is 120 Å². The normalized spacial score (nSPS) is 18.3. The number of amides is 1. The molecule has 0 aromatic carbocycles. The Kier molecular flexibility index (Phi) is 4.56. The van der Waals surface area contributed by atoms with Crippen molar-refractivity contribution in [2.24, 2.45) is 5.92 Å². The van der Waals surface area contributed by atoms with Gasteiger partial charge in [-0.15, -0.1) is 0 Å². The number of hydrogen-bond donors (Lipinski definition) is 1. The summed E-state index contributed by atoms with van der Waals surface area (Å²) in [6.07, 6.45) is 1.38. The van der Waals surface area contributed by atoms with E-state index in [2.05, 4.69) is 5.10 Å². The van der Waals surface area contributed by atoms with Crippen LogP contribution in [-0.4, -0.2) is 46.8 Å². The predicted molar refractivity (Wildman–Crippen MR) is 72.6 cm³/mol. The summed E-state index contributed by atoms with van der Waals surface area (Å²) in [5.41, 5.74) is -0.905. The van der Waals surface area contributed by atoms with Gasteiger partial charge in [0.1, 0.15) is 6.54 Å². The van der Waals surface area contributed by atoms with Crippen molar-refractivity contribution in [3.63, 3.8) is 0 Å². The highest BCUT2D eigenvalue weighted by molar-refractivity contribution is 5.78. The first-order chi connectivity index (χ1) is 10.0. The highest BCUT2D eigenvalue weighted by atomic mass is 16.5. The van der Waals surface area contributed by atoms with Gasteiger partial charge in [-0.3, -0.25) is 24.3 Å². The van der Waals surface area contributed by atoms with Crippen LogP contribution in [0.5, 0.6) is 0 Å². The minimum absolute atomic E-state index is 0.247. The maximum atomic E-state index is 12.2. The summed E-state index contributed by atoms with van der Waals surface area (Å²) in [5, 5.41) is 2.30. The van der Waals surface area contributed by atoms with Gasteiger partial charge in [0, 0.05) is 25.2 Å². The smallest absolute Gasteiger partial charge is 0.310 e. The average Bonchev–Trinajstić information content (AvgIpc) is 2.50. The fourth-order valence-corrected chi connectivity index (χ4v) is 2.38. The average molecular weight is 295 g/mol. The van der Waals surface area contributed by atoms with Crippen LogP contribution in [-0.2, 0) is 20.9 Å². The molecule has 1 saturated heterocycles. The summed E-state index contributed by atoms with van der Waals surface area (Å²) < 4.78 is 5.66. The molecule has 1 atom stereocenters. The molecule has 0 unspecified atom stereocenters. The maximum Gasteiger partial charge on any atom is 0.310 e. The number of methoxy groups -OCH3 is 1. The highest BCUT2D eigenvalue weighted by Gasteiger charge is 2.29.